The number of rotatable bonds is 1. The normalized spacial score (nSPS) is 12.0. The second kappa shape index (κ2) is 4.29. The van der Waals surface area contributed by atoms with Gasteiger partial charge in [-0.3, -0.25) is 0 Å². The highest BCUT2D eigenvalue weighted by molar-refractivity contribution is 5.73. The monoisotopic (exact) mass is 282 g/mol. The summed E-state index contributed by atoms with van der Waals surface area (Å²) in [4.78, 5) is 7.40. The van der Waals surface area contributed by atoms with Crippen LogP contribution in [0.1, 0.15) is 5.56 Å². The first-order chi connectivity index (χ1) is 9.45. The van der Waals surface area contributed by atoms with Gasteiger partial charge in [0.15, 0.2) is 0 Å². The third kappa shape index (κ3) is 2.11. The first kappa shape index (κ1) is 12.6. The van der Waals surface area contributed by atoms with Crippen molar-refractivity contribution in [2.24, 2.45) is 0 Å². The second-order valence-corrected chi connectivity index (χ2v) is 4.04. The molecule has 0 aliphatic carbocycles. The number of hydrogen-bond donors (Lipinski definition) is 0. The molecule has 20 heavy (non-hydrogen) atoms. The van der Waals surface area contributed by atoms with Crippen LogP contribution in [0.25, 0.3) is 22.7 Å². The van der Waals surface area contributed by atoms with Gasteiger partial charge >= 0.3 is 6.18 Å². The third-order valence-corrected chi connectivity index (χ3v) is 2.68. The molecule has 0 atom stereocenters. The van der Waals surface area contributed by atoms with Crippen LogP contribution in [-0.2, 0) is 6.18 Å². The average molecular weight is 282 g/mol. The zero-order chi connectivity index (χ0) is 14.3. The van der Waals surface area contributed by atoms with E-state index in [1.807, 2.05) is 0 Å². The largest absolute Gasteiger partial charge is 0.418 e. The predicted molar refractivity (Wildman–Crippen MR) is 62.2 cm³/mol. The molecular formula is C13H6F4N2O. The molecule has 102 valence electrons. The molecular weight excluding hydrogens is 276 g/mol. The van der Waals surface area contributed by atoms with E-state index in [-0.39, 0.29) is 22.7 Å². The van der Waals surface area contributed by atoms with Crippen LogP contribution >= 0.6 is 0 Å². The number of hydrogen-bond acceptors (Lipinski definition) is 3. The lowest BCUT2D eigenvalue weighted by Crippen LogP contribution is -2.04. The quantitative estimate of drug-likeness (QED) is 0.632. The summed E-state index contributed by atoms with van der Waals surface area (Å²) in [6.07, 6.45) is -3.86. The Hall–Kier alpha value is -2.44. The van der Waals surface area contributed by atoms with Gasteiger partial charge in [-0.05, 0) is 18.2 Å². The number of pyridine rings is 1. The molecule has 0 radical (unpaired) electrons. The lowest BCUT2D eigenvalue weighted by Gasteiger charge is -2.03. The number of benzene rings is 1. The summed E-state index contributed by atoms with van der Waals surface area (Å²) in [6, 6.07) is 6.50. The van der Waals surface area contributed by atoms with Crippen LogP contribution in [0.15, 0.2) is 40.9 Å². The SMILES string of the molecule is Fc1ccccc1-c1nc2cc(C(F)(F)F)cnc2o1. The fraction of sp³-hybridized carbons (Fsp3) is 0.0769. The Bertz CT molecular complexity index is 779. The van der Waals surface area contributed by atoms with Gasteiger partial charge in [0.25, 0.3) is 0 Å². The van der Waals surface area contributed by atoms with Crippen molar-refractivity contribution in [3.05, 3.63) is 47.9 Å². The number of aromatic nitrogens is 2. The van der Waals surface area contributed by atoms with Crippen molar-refractivity contribution in [3.63, 3.8) is 0 Å². The second-order valence-electron chi connectivity index (χ2n) is 4.04. The first-order valence-corrected chi connectivity index (χ1v) is 5.54. The van der Waals surface area contributed by atoms with Gasteiger partial charge in [0, 0.05) is 6.20 Å². The Morgan fingerprint density at radius 1 is 1.10 bits per heavy atom. The van der Waals surface area contributed by atoms with Crippen LogP contribution < -0.4 is 0 Å². The Morgan fingerprint density at radius 3 is 2.55 bits per heavy atom. The molecule has 1 aromatic carbocycles. The van der Waals surface area contributed by atoms with E-state index in [1.165, 1.54) is 18.2 Å². The lowest BCUT2D eigenvalue weighted by molar-refractivity contribution is -0.137. The molecule has 0 unspecified atom stereocenters. The highest BCUT2D eigenvalue weighted by Crippen LogP contribution is 2.32. The van der Waals surface area contributed by atoms with E-state index in [4.69, 9.17) is 4.42 Å². The van der Waals surface area contributed by atoms with Crippen LogP contribution in [0.2, 0.25) is 0 Å². The molecule has 0 saturated carbocycles. The maximum Gasteiger partial charge on any atom is 0.417 e. The van der Waals surface area contributed by atoms with Gasteiger partial charge in [0.1, 0.15) is 11.3 Å². The highest BCUT2D eigenvalue weighted by atomic mass is 19.4. The summed E-state index contributed by atoms with van der Waals surface area (Å²) in [5.74, 6) is -0.681. The smallest absolute Gasteiger partial charge is 0.417 e. The van der Waals surface area contributed by atoms with Crippen LogP contribution in [0.5, 0.6) is 0 Å². The number of oxazole rings is 1. The third-order valence-electron chi connectivity index (χ3n) is 2.68. The molecule has 0 aliphatic heterocycles. The molecule has 0 bridgehead atoms. The van der Waals surface area contributed by atoms with Gasteiger partial charge in [-0.15, -0.1) is 0 Å². The molecule has 0 N–H and O–H groups in total. The van der Waals surface area contributed by atoms with E-state index in [2.05, 4.69) is 9.97 Å². The maximum atomic E-state index is 13.6. The number of alkyl halides is 3. The van der Waals surface area contributed by atoms with E-state index in [1.54, 1.807) is 6.07 Å². The van der Waals surface area contributed by atoms with E-state index in [0.717, 1.165) is 6.07 Å². The first-order valence-electron chi connectivity index (χ1n) is 5.54. The minimum absolute atomic E-state index is 0.0686. The zero-order valence-electron chi connectivity index (χ0n) is 9.78. The van der Waals surface area contributed by atoms with Crippen molar-refractivity contribution in [2.45, 2.75) is 6.18 Å². The highest BCUT2D eigenvalue weighted by Gasteiger charge is 2.31. The summed E-state index contributed by atoms with van der Waals surface area (Å²) in [5.41, 5.74) is -1.01. The van der Waals surface area contributed by atoms with Crippen LogP contribution in [-0.4, -0.2) is 9.97 Å². The summed E-state index contributed by atoms with van der Waals surface area (Å²) in [6.45, 7) is 0. The number of nitrogens with zero attached hydrogens (tertiary/aromatic N) is 2. The molecule has 0 fully saturated rings. The van der Waals surface area contributed by atoms with Crippen LogP contribution in [0, 0.1) is 5.82 Å². The molecule has 2 aromatic heterocycles. The fourth-order valence-electron chi connectivity index (χ4n) is 1.73. The van der Waals surface area contributed by atoms with Gasteiger partial charge in [-0.2, -0.15) is 13.2 Å². The summed E-state index contributed by atoms with van der Waals surface area (Å²) < 4.78 is 56.4. The molecule has 3 rings (SSSR count). The van der Waals surface area contributed by atoms with Crippen LogP contribution in [0.3, 0.4) is 0 Å². The topological polar surface area (TPSA) is 38.9 Å². The van der Waals surface area contributed by atoms with Gasteiger partial charge < -0.3 is 4.42 Å². The van der Waals surface area contributed by atoms with Gasteiger partial charge in [-0.1, -0.05) is 12.1 Å². The van der Waals surface area contributed by atoms with Crippen LogP contribution in [0.4, 0.5) is 17.6 Å². The van der Waals surface area contributed by atoms with E-state index in [9.17, 15) is 17.6 Å². The van der Waals surface area contributed by atoms with Crippen molar-refractivity contribution in [1.82, 2.24) is 9.97 Å². The van der Waals surface area contributed by atoms with E-state index >= 15 is 0 Å². The molecule has 2 heterocycles. The van der Waals surface area contributed by atoms with Gasteiger partial charge in [-0.25, -0.2) is 14.4 Å². The molecule has 3 aromatic rings. The van der Waals surface area contributed by atoms with Gasteiger partial charge in [0.05, 0.1) is 11.1 Å². The van der Waals surface area contributed by atoms with E-state index in [0.29, 0.717) is 6.20 Å². The van der Waals surface area contributed by atoms with E-state index < -0.39 is 17.6 Å². The van der Waals surface area contributed by atoms with Crippen molar-refractivity contribution >= 4 is 11.2 Å². The minimum atomic E-state index is -4.52. The maximum absolute atomic E-state index is 13.6. The Labute approximate surface area is 109 Å². The van der Waals surface area contributed by atoms with Crippen molar-refractivity contribution in [3.8, 4) is 11.5 Å². The molecule has 0 saturated heterocycles. The average Bonchev–Trinajstić information content (AvgIpc) is 2.80. The Balaban J connectivity index is 2.14. The van der Waals surface area contributed by atoms with Gasteiger partial charge in [0.2, 0.25) is 11.6 Å². The Kier molecular flexibility index (Phi) is 2.70. The fourth-order valence-corrected chi connectivity index (χ4v) is 1.73. The minimum Gasteiger partial charge on any atom is -0.418 e. The predicted octanol–water partition coefficient (Wildman–Crippen LogP) is 4.05. The van der Waals surface area contributed by atoms with Crippen molar-refractivity contribution in [2.75, 3.05) is 0 Å². The summed E-state index contributed by atoms with van der Waals surface area (Å²) in [7, 11) is 0. The zero-order valence-corrected chi connectivity index (χ0v) is 9.78. The molecule has 7 heteroatoms. The summed E-state index contributed by atoms with van der Waals surface area (Å²) >= 11 is 0. The Morgan fingerprint density at radius 2 is 1.85 bits per heavy atom. The lowest BCUT2D eigenvalue weighted by atomic mass is 10.2. The van der Waals surface area contributed by atoms with Crippen molar-refractivity contribution in [1.29, 1.82) is 0 Å². The number of fused-ring (bicyclic) bond motifs is 1. The molecule has 0 spiro atoms. The van der Waals surface area contributed by atoms with Crippen molar-refractivity contribution < 1.29 is 22.0 Å². The molecule has 0 aliphatic rings. The number of halogens is 4. The molecule has 3 nitrogen and oxygen atoms in total. The standard InChI is InChI=1S/C13H6F4N2O/c14-9-4-2-1-3-8(9)11-19-10-5-7(13(15,16)17)6-18-12(10)20-11/h1-6H. The summed E-state index contributed by atoms with van der Waals surface area (Å²) in [5, 5.41) is 0. The molecule has 0 amide bonds.